The first-order chi connectivity index (χ1) is 9.33. The van der Waals surface area contributed by atoms with Crippen LogP contribution in [0, 0.1) is 5.92 Å². The van der Waals surface area contributed by atoms with Gasteiger partial charge in [-0.25, -0.2) is 0 Å². The van der Waals surface area contributed by atoms with Crippen LogP contribution in [-0.2, 0) is 9.47 Å². The third-order valence-electron chi connectivity index (χ3n) is 3.58. The van der Waals surface area contributed by atoms with Crippen LogP contribution in [0.5, 0.6) is 0 Å². The van der Waals surface area contributed by atoms with Crippen molar-refractivity contribution in [2.45, 2.75) is 57.5 Å². The van der Waals surface area contributed by atoms with Crippen molar-refractivity contribution in [3.8, 4) is 0 Å². The Balaban J connectivity index is 1.86. The van der Waals surface area contributed by atoms with E-state index < -0.39 is 0 Å². The van der Waals surface area contributed by atoms with E-state index in [-0.39, 0.29) is 6.10 Å². The van der Waals surface area contributed by atoms with Gasteiger partial charge in [0, 0.05) is 0 Å². The molecule has 0 spiro atoms. The summed E-state index contributed by atoms with van der Waals surface area (Å²) in [4.78, 5) is 0. The molecule has 0 unspecified atom stereocenters. The summed E-state index contributed by atoms with van der Waals surface area (Å²) in [6.45, 7) is 5.08. The molecule has 1 fully saturated rings. The first kappa shape index (κ1) is 16.1. The zero-order chi connectivity index (χ0) is 13.8. The maximum absolute atomic E-state index is 9.40. The number of aliphatic hydroxyl groups excluding tert-OH is 1. The van der Waals surface area contributed by atoms with Crippen LogP contribution in [0.15, 0.2) is 25.2 Å². The number of aliphatic hydroxyl groups is 1. The monoisotopic (exact) mass is 268 g/mol. The Labute approximate surface area is 117 Å². The minimum atomic E-state index is -0.0735. The van der Waals surface area contributed by atoms with Gasteiger partial charge in [-0.2, -0.15) is 0 Å². The van der Waals surface area contributed by atoms with E-state index in [4.69, 9.17) is 9.47 Å². The zero-order valence-corrected chi connectivity index (χ0v) is 11.9. The number of allylic oxidation sites excluding steroid dienone is 1. The van der Waals surface area contributed by atoms with Crippen molar-refractivity contribution in [3.63, 3.8) is 0 Å². The van der Waals surface area contributed by atoms with Crippen molar-refractivity contribution in [1.29, 1.82) is 0 Å². The van der Waals surface area contributed by atoms with Crippen LogP contribution in [0.3, 0.4) is 0 Å². The van der Waals surface area contributed by atoms with Crippen molar-refractivity contribution >= 4 is 0 Å². The van der Waals surface area contributed by atoms with Gasteiger partial charge in [0.05, 0.1) is 31.8 Å². The summed E-state index contributed by atoms with van der Waals surface area (Å²) in [5.41, 5.74) is 0. The number of hydrogen-bond acceptors (Lipinski definition) is 3. The Hall–Kier alpha value is -0.960. The highest BCUT2D eigenvalue weighted by Crippen LogP contribution is 2.24. The highest BCUT2D eigenvalue weighted by Gasteiger charge is 2.16. The Kier molecular flexibility index (Phi) is 9.25. The lowest BCUT2D eigenvalue weighted by Gasteiger charge is -2.22. The molecule has 0 saturated heterocycles. The molecule has 3 nitrogen and oxygen atoms in total. The number of rotatable bonds is 10. The predicted octanol–water partition coefficient (Wildman–Crippen LogP) is 3.79. The van der Waals surface area contributed by atoms with Crippen LogP contribution < -0.4 is 0 Å². The van der Waals surface area contributed by atoms with Gasteiger partial charge in [-0.3, -0.25) is 0 Å². The Morgan fingerprint density at radius 3 is 2.21 bits per heavy atom. The Morgan fingerprint density at radius 1 is 0.947 bits per heavy atom. The van der Waals surface area contributed by atoms with E-state index >= 15 is 0 Å². The van der Waals surface area contributed by atoms with Gasteiger partial charge in [0.1, 0.15) is 0 Å². The predicted molar refractivity (Wildman–Crippen MR) is 77.7 cm³/mol. The second kappa shape index (κ2) is 10.9. The van der Waals surface area contributed by atoms with E-state index in [0.29, 0.717) is 5.92 Å². The summed E-state index contributed by atoms with van der Waals surface area (Å²) >= 11 is 0. The van der Waals surface area contributed by atoms with Crippen molar-refractivity contribution in [2.75, 3.05) is 13.2 Å². The van der Waals surface area contributed by atoms with E-state index in [1.54, 1.807) is 0 Å². The maximum Gasteiger partial charge on any atom is 0.0873 e. The largest absolute Gasteiger partial charge is 0.502 e. The smallest absolute Gasteiger partial charge is 0.0873 e. The standard InChI is InChI=1S/C16H28O3/c1-2-18-12-5-3-4-6-13-19-14-11-15-7-9-16(17)10-8-15/h2,11,14-17H,1,3-10,12-13H2. The summed E-state index contributed by atoms with van der Waals surface area (Å²) in [6.07, 6.45) is 14.0. The van der Waals surface area contributed by atoms with Gasteiger partial charge in [-0.05, 0) is 63.4 Å². The van der Waals surface area contributed by atoms with Gasteiger partial charge in [0.2, 0.25) is 0 Å². The van der Waals surface area contributed by atoms with E-state index in [2.05, 4.69) is 12.7 Å². The normalized spacial score (nSPS) is 23.4. The average Bonchev–Trinajstić information content (AvgIpc) is 2.43. The summed E-state index contributed by atoms with van der Waals surface area (Å²) in [7, 11) is 0. The Morgan fingerprint density at radius 2 is 1.58 bits per heavy atom. The van der Waals surface area contributed by atoms with Crippen molar-refractivity contribution in [2.24, 2.45) is 5.92 Å². The number of ether oxygens (including phenoxy) is 2. The Bertz CT molecular complexity index is 242. The molecule has 19 heavy (non-hydrogen) atoms. The molecule has 0 aromatic rings. The van der Waals surface area contributed by atoms with Crippen molar-refractivity contribution < 1.29 is 14.6 Å². The average molecular weight is 268 g/mol. The van der Waals surface area contributed by atoms with Crippen LogP contribution in [0.1, 0.15) is 51.4 Å². The summed E-state index contributed by atoms with van der Waals surface area (Å²) < 4.78 is 10.6. The van der Waals surface area contributed by atoms with Gasteiger partial charge >= 0.3 is 0 Å². The lowest BCUT2D eigenvalue weighted by molar-refractivity contribution is 0.117. The fourth-order valence-electron chi connectivity index (χ4n) is 2.34. The topological polar surface area (TPSA) is 38.7 Å². The molecule has 3 heteroatoms. The van der Waals surface area contributed by atoms with Crippen LogP contribution in [-0.4, -0.2) is 24.4 Å². The van der Waals surface area contributed by atoms with E-state index in [1.165, 1.54) is 19.1 Å². The molecule has 0 atom stereocenters. The molecule has 0 aliphatic heterocycles. The highest BCUT2D eigenvalue weighted by molar-refractivity contribution is 4.87. The van der Waals surface area contributed by atoms with Crippen LogP contribution in [0.4, 0.5) is 0 Å². The van der Waals surface area contributed by atoms with Crippen LogP contribution in [0.25, 0.3) is 0 Å². The first-order valence-electron chi connectivity index (χ1n) is 7.51. The second-order valence-corrected chi connectivity index (χ2v) is 5.22. The molecule has 110 valence electrons. The fourth-order valence-corrected chi connectivity index (χ4v) is 2.34. The molecular formula is C16H28O3. The zero-order valence-electron chi connectivity index (χ0n) is 11.9. The quantitative estimate of drug-likeness (QED) is 0.484. The molecule has 0 aromatic heterocycles. The fraction of sp³-hybridized carbons (Fsp3) is 0.750. The van der Waals surface area contributed by atoms with E-state index in [9.17, 15) is 5.11 Å². The second-order valence-electron chi connectivity index (χ2n) is 5.22. The molecule has 0 bridgehead atoms. The summed E-state index contributed by atoms with van der Waals surface area (Å²) in [5.74, 6) is 0.597. The van der Waals surface area contributed by atoms with Gasteiger partial charge in [0.15, 0.2) is 0 Å². The van der Waals surface area contributed by atoms with Crippen LogP contribution in [0.2, 0.25) is 0 Å². The van der Waals surface area contributed by atoms with Gasteiger partial charge in [-0.15, -0.1) is 0 Å². The lowest BCUT2D eigenvalue weighted by Crippen LogP contribution is -2.16. The SMILES string of the molecule is C=COCCCCCCOC=CC1CCC(O)CC1. The first-order valence-corrected chi connectivity index (χ1v) is 7.51. The summed E-state index contributed by atoms with van der Waals surface area (Å²) in [6, 6.07) is 0. The molecule has 0 aromatic carbocycles. The van der Waals surface area contributed by atoms with Gasteiger partial charge in [-0.1, -0.05) is 6.58 Å². The minimum absolute atomic E-state index is 0.0735. The molecule has 0 radical (unpaired) electrons. The third kappa shape index (κ3) is 8.71. The highest BCUT2D eigenvalue weighted by atomic mass is 16.5. The molecule has 1 saturated carbocycles. The van der Waals surface area contributed by atoms with Gasteiger partial charge < -0.3 is 14.6 Å². The van der Waals surface area contributed by atoms with E-state index in [1.807, 2.05) is 6.26 Å². The molecule has 1 rings (SSSR count). The minimum Gasteiger partial charge on any atom is -0.502 e. The molecule has 0 heterocycles. The molecular weight excluding hydrogens is 240 g/mol. The van der Waals surface area contributed by atoms with Gasteiger partial charge in [0.25, 0.3) is 0 Å². The van der Waals surface area contributed by atoms with E-state index in [0.717, 1.165) is 51.7 Å². The molecule has 1 aliphatic rings. The number of hydrogen-bond donors (Lipinski definition) is 1. The lowest BCUT2D eigenvalue weighted by atomic mass is 9.88. The van der Waals surface area contributed by atoms with Crippen LogP contribution >= 0.6 is 0 Å². The van der Waals surface area contributed by atoms with Crippen molar-refractivity contribution in [3.05, 3.63) is 25.2 Å². The molecule has 1 aliphatic carbocycles. The summed E-state index contributed by atoms with van der Waals surface area (Å²) in [5, 5.41) is 9.40. The number of unbranched alkanes of at least 4 members (excludes halogenated alkanes) is 3. The third-order valence-corrected chi connectivity index (χ3v) is 3.58. The molecule has 1 N–H and O–H groups in total. The maximum atomic E-state index is 9.40. The molecule has 0 amide bonds. The van der Waals surface area contributed by atoms with Crippen molar-refractivity contribution in [1.82, 2.24) is 0 Å².